The van der Waals surface area contributed by atoms with E-state index in [1.54, 1.807) is 0 Å². The first-order valence-electron chi connectivity index (χ1n) is 7.17. The molecule has 0 bridgehead atoms. The number of hydrogen-bond donors (Lipinski definition) is 0. The van der Waals surface area contributed by atoms with Crippen molar-refractivity contribution in [3.63, 3.8) is 0 Å². The van der Waals surface area contributed by atoms with Crippen molar-refractivity contribution in [3.05, 3.63) is 90.8 Å². The normalized spacial score (nSPS) is 9.87. The minimum Gasteiger partial charge on any atom is -0.457 e. The highest BCUT2D eigenvalue weighted by Crippen LogP contribution is 2.27. The minimum absolute atomic E-state index is 0.686. The smallest absolute Gasteiger partial charge is 0.127 e. The molecule has 0 spiro atoms. The van der Waals surface area contributed by atoms with Crippen LogP contribution in [-0.4, -0.2) is 0 Å². The van der Waals surface area contributed by atoms with Crippen LogP contribution in [0.4, 0.5) is 0 Å². The van der Waals surface area contributed by atoms with Gasteiger partial charge in [0.05, 0.1) is 12.5 Å². The van der Waals surface area contributed by atoms with Gasteiger partial charge in [0.1, 0.15) is 23.0 Å². The van der Waals surface area contributed by atoms with E-state index >= 15 is 0 Å². The van der Waals surface area contributed by atoms with Gasteiger partial charge in [-0.1, -0.05) is 30.3 Å². The van der Waals surface area contributed by atoms with Gasteiger partial charge in [-0.2, -0.15) is 5.26 Å². The number of benzene rings is 3. The predicted molar refractivity (Wildman–Crippen MR) is 88.5 cm³/mol. The molecule has 0 aliphatic heterocycles. The Morgan fingerprint density at radius 1 is 0.652 bits per heavy atom. The highest BCUT2D eigenvalue weighted by molar-refractivity contribution is 5.40. The summed E-state index contributed by atoms with van der Waals surface area (Å²) in [5.74, 6) is 2.93. The van der Waals surface area contributed by atoms with Crippen LogP contribution < -0.4 is 9.47 Å². The van der Waals surface area contributed by atoms with Crippen LogP contribution in [-0.2, 0) is 0 Å². The molecule has 0 aromatic heterocycles. The fourth-order valence-electron chi connectivity index (χ4n) is 2.08. The van der Waals surface area contributed by atoms with Gasteiger partial charge in [0.25, 0.3) is 0 Å². The molecule has 3 rings (SSSR count). The Hall–Kier alpha value is -3.25. The first-order chi connectivity index (χ1) is 11.3. The van der Waals surface area contributed by atoms with Gasteiger partial charge in [-0.15, -0.1) is 0 Å². The third-order valence-corrected chi connectivity index (χ3v) is 3.13. The minimum atomic E-state index is 0.686. The Labute approximate surface area is 135 Å². The van der Waals surface area contributed by atoms with Crippen molar-refractivity contribution in [2.45, 2.75) is 0 Å². The molecule has 0 saturated carbocycles. The van der Waals surface area contributed by atoms with Crippen molar-refractivity contribution in [2.24, 2.45) is 0 Å². The summed E-state index contributed by atoms with van der Waals surface area (Å²) in [5.41, 5.74) is 0.814. The number of nitriles is 1. The Kier molecular flexibility index (Phi) is 4.56. The molecule has 3 nitrogen and oxygen atoms in total. The number of hydrogen-bond acceptors (Lipinski definition) is 3. The summed E-state index contributed by atoms with van der Waals surface area (Å²) in [4.78, 5) is 0. The van der Waals surface area contributed by atoms with E-state index in [0.29, 0.717) is 11.5 Å². The van der Waals surface area contributed by atoms with E-state index in [0.717, 1.165) is 17.1 Å². The van der Waals surface area contributed by atoms with E-state index in [1.807, 2.05) is 84.9 Å². The van der Waals surface area contributed by atoms with E-state index in [2.05, 4.69) is 0 Å². The molecular formula is C20H14NO2. The van der Waals surface area contributed by atoms with Crippen LogP contribution in [0.2, 0.25) is 0 Å². The molecule has 3 aromatic carbocycles. The van der Waals surface area contributed by atoms with Gasteiger partial charge < -0.3 is 9.47 Å². The van der Waals surface area contributed by atoms with Gasteiger partial charge in [0.15, 0.2) is 0 Å². The average Bonchev–Trinajstić information content (AvgIpc) is 2.58. The maximum atomic E-state index is 8.69. The molecule has 0 aliphatic carbocycles. The van der Waals surface area contributed by atoms with E-state index in [9.17, 15) is 0 Å². The Balaban J connectivity index is 1.68. The standard InChI is InChI=1S/C20H14NO2/c21-14-13-16-5-4-8-20(15-16)23-19-11-9-18(10-12-19)22-17-6-2-1-3-7-17/h1-13,15H. The molecule has 3 heteroatoms. The fourth-order valence-corrected chi connectivity index (χ4v) is 2.08. The lowest BCUT2D eigenvalue weighted by Crippen LogP contribution is -1.87. The zero-order valence-corrected chi connectivity index (χ0v) is 12.3. The molecule has 0 fully saturated rings. The van der Waals surface area contributed by atoms with Crippen molar-refractivity contribution in [1.29, 1.82) is 5.26 Å². The van der Waals surface area contributed by atoms with E-state index in [4.69, 9.17) is 14.7 Å². The SMILES string of the molecule is N#C[CH]c1cccc(Oc2ccc(Oc3ccccc3)cc2)c1. The molecule has 0 atom stereocenters. The summed E-state index contributed by atoms with van der Waals surface area (Å²) < 4.78 is 11.5. The van der Waals surface area contributed by atoms with Crippen LogP contribution in [0.3, 0.4) is 0 Å². The Bertz CT molecular complexity index is 805. The molecule has 3 aromatic rings. The Morgan fingerprint density at radius 3 is 1.87 bits per heavy atom. The molecule has 0 heterocycles. The van der Waals surface area contributed by atoms with Gasteiger partial charge in [-0.25, -0.2) is 0 Å². The Morgan fingerprint density at radius 2 is 1.22 bits per heavy atom. The summed E-state index contributed by atoms with van der Waals surface area (Å²) in [7, 11) is 0. The zero-order chi connectivity index (χ0) is 15.9. The molecule has 0 amide bonds. The number of nitrogens with zero attached hydrogens (tertiary/aromatic N) is 1. The summed E-state index contributed by atoms with van der Waals surface area (Å²) in [6.07, 6.45) is 1.48. The van der Waals surface area contributed by atoms with Gasteiger partial charge in [-0.3, -0.25) is 0 Å². The molecule has 23 heavy (non-hydrogen) atoms. The predicted octanol–water partition coefficient (Wildman–Crippen LogP) is 5.35. The fraction of sp³-hybridized carbons (Fsp3) is 0. The number of ether oxygens (including phenoxy) is 2. The first-order valence-corrected chi connectivity index (χ1v) is 7.17. The topological polar surface area (TPSA) is 42.2 Å². The van der Waals surface area contributed by atoms with Crippen LogP contribution in [0.5, 0.6) is 23.0 Å². The number of rotatable bonds is 5. The highest BCUT2D eigenvalue weighted by atomic mass is 16.5. The van der Waals surface area contributed by atoms with Crippen molar-refractivity contribution >= 4 is 0 Å². The van der Waals surface area contributed by atoms with Gasteiger partial charge >= 0.3 is 0 Å². The van der Waals surface area contributed by atoms with Crippen LogP contribution in [0.1, 0.15) is 5.56 Å². The van der Waals surface area contributed by atoms with Gasteiger partial charge in [-0.05, 0) is 54.1 Å². The van der Waals surface area contributed by atoms with Crippen molar-refractivity contribution < 1.29 is 9.47 Å². The average molecular weight is 300 g/mol. The second-order valence-corrected chi connectivity index (χ2v) is 4.83. The number of para-hydroxylation sites is 1. The second kappa shape index (κ2) is 7.15. The lowest BCUT2D eigenvalue weighted by molar-refractivity contribution is 0.469. The summed E-state index contributed by atoms with van der Waals surface area (Å²) in [5, 5.41) is 8.69. The second-order valence-electron chi connectivity index (χ2n) is 4.83. The molecule has 0 N–H and O–H groups in total. The van der Waals surface area contributed by atoms with Crippen LogP contribution in [0, 0.1) is 17.8 Å². The van der Waals surface area contributed by atoms with Crippen molar-refractivity contribution in [2.75, 3.05) is 0 Å². The van der Waals surface area contributed by atoms with Crippen LogP contribution >= 0.6 is 0 Å². The maximum absolute atomic E-state index is 8.69. The van der Waals surface area contributed by atoms with Crippen LogP contribution in [0.15, 0.2) is 78.9 Å². The lowest BCUT2D eigenvalue weighted by Gasteiger charge is -2.08. The van der Waals surface area contributed by atoms with Gasteiger partial charge in [0, 0.05) is 0 Å². The molecule has 111 valence electrons. The summed E-state index contributed by atoms with van der Waals surface area (Å²) >= 11 is 0. The first kappa shape index (κ1) is 14.7. The molecule has 1 radical (unpaired) electrons. The lowest BCUT2D eigenvalue weighted by atomic mass is 10.1. The molecule has 0 saturated heterocycles. The quantitative estimate of drug-likeness (QED) is 0.638. The zero-order valence-electron chi connectivity index (χ0n) is 12.3. The molecular weight excluding hydrogens is 286 g/mol. The third-order valence-electron chi connectivity index (χ3n) is 3.13. The highest BCUT2D eigenvalue weighted by Gasteiger charge is 2.01. The molecule has 0 unspecified atom stereocenters. The van der Waals surface area contributed by atoms with Crippen molar-refractivity contribution in [1.82, 2.24) is 0 Å². The van der Waals surface area contributed by atoms with E-state index in [1.165, 1.54) is 6.42 Å². The monoisotopic (exact) mass is 300 g/mol. The van der Waals surface area contributed by atoms with E-state index < -0.39 is 0 Å². The van der Waals surface area contributed by atoms with Crippen LogP contribution in [0.25, 0.3) is 0 Å². The summed E-state index contributed by atoms with van der Waals surface area (Å²) in [6.45, 7) is 0. The summed E-state index contributed by atoms with van der Waals surface area (Å²) in [6, 6.07) is 26.4. The van der Waals surface area contributed by atoms with Crippen molar-refractivity contribution in [3.8, 4) is 29.1 Å². The maximum Gasteiger partial charge on any atom is 0.127 e. The largest absolute Gasteiger partial charge is 0.457 e. The molecule has 0 aliphatic rings. The van der Waals surface area contributed by atoms with E-state index in [-0.39, 0.29) is 0 Å². The third kappa shape index (κ3) is 4.12. The van der Waals surface area contributed by atoms with Gasteiger partial charge in [0.2, 0.25) is 0 Å².